The first kappa shape index (κ1) is 16.2. The Morgan fingerprint density at radius 1 is 1.47 bits per heavy atom. The second-order valence-corrected chi connectivity index (χ2v) is 6.32. The van der Waals surface area contributed by atoms with Crippen molar-refractivity contribution >= 4 is 23.3 Å². The van der Waals surface area contributed by atoms with Crippen molar-refractivity contribution in [1.29, 1.82) is 0 Å². The van der Waals surface area contributed by atoms with Crippen LogP contribution in [0, 0.1) is 5.92 Å². The van der Waals surface area contributed by atoms with Crippen LogP contribution < -0.4 is 5.32 Å². The van der Waals surface area contributed by atoms with Crippen LogP contribution in [0.25, 0.3) is 0 Å². The highest BCUT2D eigenvalue weighted by Gasteiger charge is 2.54. The summed E-state index contributed by atoms with van der Waals surface area (Å²) in [5.41, 5.74) is -1.16. The van der Waals surface area contributed by atoms with Crippen LogP contribution in [-0.2, 0) is 10.0 Å². The Balaban J connectivity index is 2.55. The molecule has 5 nitrogen and oxygen atoms in total. The van der Waals surface area contributed by atoms with E-state index in [4.69, 9.17) is 0 Å². The van der Waals surface area contributed by atoms with Crippen LogP contribution in [0.3, 0.4) is 0 Å². The number of hydrogen-bond donors (Lipinski definition) is 1. The Hall–Kier alpha value is -0.810. The van der Waals surface area contributed by atoms with E-state index in [2.05, 4.69) is 27.7 Å². The van der Waals surface area contributed by atoms with E-state index < -0.39 is 11.1 Å². The van der Waals surface area contributed by atoms with Crippen molar-refractivity contribution in [1.82, 2.24) is 10.4 Å². The third-order valence-corrected chi connectivity index (χ3v) is 3.89. The molecule has 1 N–H and O–H groups in total. The van der Waals surface area contributed by atoms with Gasteiger partial charge in [0.05, 0.1) is 23.2 Å². The van der Waals surface area contributed by atoms with E-state index in [1.54, 1.807) is 0 Å². The molecule has 1 saturated heterocycles. The number of carbonyl (C=O) groups is 1. The smallest absolute Gasteiger partial charge is 0.225 e. The number of aliphatic imine (C=N–C) groups is 1. The lowest BCUT2D eigenvalue weighted by molar-refractivity contribution is -0.247. The van der Waals surface area contributed by atoms with Crippen molar-refractivity contribution in [2.45, 2.75) is 51.6 Å². The quantitative estimate of drug-likeness (QED) is 0.476. The second-order valence-electron chi connectivity index (χ2n) is 6.13. The molecule has 0 saturated carbocycles. The number of hydrogen-bond acceptors (Lipinski definition) is 4. The fourth-order valence-electron chi connectivity index (χ4n) is 2.71. The summed E-state index contributed by atoms with van der Waals surface area (Å²) in [6.07, 6.45) is 1.31. The molecule has 107 valence electrons. The Labute approximate surface area is 120 Å². The maximum atomic E-state index is 12.2. The van der Waals surface area contributed by atoms with Crippen molar-refractivity contribution in [2.75, 3.05) is 13.1 Å². The summed E-state index contributed by atoms with van der Waals surface area (Å²) in [5.74, 6) is -0.336. The third kappa shape index (κ3) is 3.60. The van der Waals surface area contributed by atoms with Gasteiger partial charge in [-0.25, -0.2) is 4.99 Å². The van der Waals surface area contributed by atoms with Gasteiger partial charge in [-0.05, 0) is 52.8 Å². The van der Waals surface area contributed by atoms with Crippen LogP contribution in [0.15, 0.2) is 4.99 Å². The number of nitrogens with zero attached hydrogens (tertiary/aromatic N) is 2. The summed E-state index contributed by atoms with van der Waals surface area (Å²) >= 11 is 4.46. The SMILES string of the molecule is CC1(C)CC(C(=O)NCCCN=C=S)C(C)(C)N1[O]. The second kappa shape index (κ2) is 6.09. The van der Waals surface area contributed by atoms with Gasteiger partial charge in [0.2, 0.25) is 5.91 Å². The number of thiocarbonyl (C=S) groups is 1. The van der Waals surface area contributed by atoms with Gasteiger partial charge in [-0.1, -0.05) is 0 Å². The molecule has 1 aliphatic rings. The molecule has 0 aromatic carbocycles. The molecule has 1 fully saturated rings. The Bertz CT molecular complexity index is 389. The van der Waals surface area contributed by atoms with Crippen LogP contribution in [0.5, 0.6) is 0 Å². The molecule has 0 spiro atoms. The Kier molecular flexibility index (Phi) is 5.21. The molecule has 1 amide bonds. The van der Waals surface area contributed by atoms with Gasteiger partial charge >= 0.3 is 0 Å². The van der Waals surface area contributed by atoms with Gasteiger partial charge in [-0.15, -0.1) is 10.3 Å². The summed E-state index contributed by atoms with van der Waals surface area (Å²) in [6.45, 7) is 8.53. The van der Waals surface area contributed by atoms with E-state index in [0.29, 0.717) is 19.5 Å². The van der Waals surface area contributed by atoms with Crippen LogP contribution in [0.1, 0.15) is 40.5 Å². The van der Waals surface area contributed by atoms with Crippen LogP contribution in [0.4, 0.5) is 0 Å². The van der Waals surface area contributed by atoms with Crippen molar-refractivity contribution in [3.63, 3.8) is 0 Å². The molecule has 19 heavy (non-hydrogen) atoms. The number of rotatable bonds is 5. The fourth-order valence-corrected chi connectivity index (χ4v) is 2.80. The predicted molar refractivity (Wildman–Crippen MR) is 76.3 cm³/mol. The highest BCUT2D eigenvalue weighted by Crippen LogP contribution is 2.43. The minimum Gasteiger partial charge on any atom is -0.356 e. The van der Waals surface area contributed by atoms with Crippen LogP contribution in [0.2, 0.25) is 0 Å². The molecule has 1 radical (unpaired) electrons. The van der Waals surface area contributed by atoms with E-state index in [1.807, 2.05) is 27.7 Å². The average Bonchev–Trinajstić information content (AvgIpc) is 2.49. The lowest BCUT2D eigenvalue weighted by atomic mass is 9.86. The number of hydroxylamine groups is 2. The monoisotopic (exact) mass is 284 g/mol. The number of isothiocyanates is 1. The van der Waals surface area contributed by atoms with Crippen LogP contribution in [-0.4, -0.2) is 40.3 Å². The standard InChI is InChI=1S/C13H22N3O2S/c1-12(2)8-10(13(3,4)16(12)18)11(17)15-7-5-6-14-9-19/h10H,5-8H2,1-4H3,(H,15,17). The first-order valence-corrected chi connectivity index (χ1v) is 6.93. The fraction of sp³-hybridized carbons (Fsp3) is 0.846. The Morgan fingerprint density at radius 3 is 2.58 bits per heavy atom. The third-order valence-electron chi connectivity index (χ3n) is 3.76. The predicted octanol–water partition coefficient (Wildman–Crippen LogP) is 1.82. The highest BCUT2D eigenvalue weighted by atomic mass is 32.1. The van der Waals surface area contributed by atoms with Crippen molar-refractivity contribution < 1.29 is 10.0 Å². The molecule has 1 atom stereocenters. The molecule has 6 heteroatoms. The summed E-state index contributed by atoms with van der Waals surface area (Å²) in [6, 6.07) is 0. The first-order valence-electron chi connectivity index (χ1n) is 6.52. The van der Waals surface area contributed by atoms with E-state index in [-0.39, 0.29) is 11.8 Å². The largest absolute Gasteiger partial charge is 0.356 e. The lowest BCUT2D eigenvalue weighted by Gasteiger charge is -2.33. The molecule has 1 aliphatic heterocycles. The maximum absolute atomic E-state index is 12.2. The minimum atomic E-state index is -0.667. The zero-order valence-electron chi connectivity index (χ0n) is 12.0. The van der Waals surface area contributed by atoms with E-state index in [1.165, 1.54) is 0 Å². The van der Waals surface area contributed by atoms with E-state index in [9.17, 15) is 10.0 Å². The first-order chi connectivity index (χ1) is 8.73. The van der Waals surface area contributed by atoms with Gasteiger partial charge < -0.3 is 5.32 Å². The number of carbonyl (C=O) groups excluding carboxylic acids is 1. The Morgan fingerprint density at radius 2 is 2.11 bits per heavy atom. The molecule has 1 unspecified atom stereocenters. The van der Waals surface area contributed by atoms with Gasteiger partial charge in [0, 0.05) is 12.1 Å². The zero-order chi connectivity index (χ0) is 14.7. The molecule has 1 heterocycles. The van der Waals surface area contributed by atoms with Gasteiger partial charge in [0.1, 0.15) is 0 Å². The van der Waals surface area contributed by atoms with Crippen LogP contribution >= 0.6 is 12.2 Å². The summed E-state index contributed by atoms with van der Waals surface area (Å²) in [5, 5.41) is 18.4. The number of nitrogens with one attached hydrogen (secondary N) is 1. The highest BCUT2D eigenvalue weighted by molar-refractivity contribution is 7.78. The van der Waals surface area contributed by atoms with Gasteiger partial charge in [0.25, 0.3) is 0 Å². The minimum absolute atomic E-state index is 0.0530. The van der Waals surface area contributed by atoms with Gasteiger partial charge in [0.15, 0.2) is 0 Å². The molecule has 0 aromatic heterocycles. The van der Waals surface area contributed by atoms with E-state index in [0.717, 1.165) is 11.5 Å². The summed E-state index contributed by atoms with van der Waals surface area (Å²) in [7, 11) is 0. The topological polar surface area (TPSA) is 64.6 Å². The van der Waals surface area contributed by atoms with Crippen molar-refractivity contribution in [3.8, 4) is 0 Å². The van der Waals surface area contributed by atoms with Gasteiger partial charge in [-0.2, -0.15) is 0 Å². The molecular formula is C13H22N3O2S. The molecule has 1 rings (SSSR count). The molecular weight excluding hydrogens is 262 g/mol. The summed E-state index contributed by atoms with van der Waals surface area (Å²) < 4.78 is 0. The maximum Gasteiger partial charge on any atom is 0.225 e. The van der Waals surface area contributed by atoms with Crippen molar-refractivity contribution in [3.05, 3.63) is 0 Å². The number of amides is 1. The molecule has 0 aromatic rings. The van der Waals surface area contributed by atoms with E-state index >= 15 is 0 Å². The summed E-state index contributed by atoms with van der Waals surface area (Å²) in [4.78, 5) is 16.0. The average molecular weight is 284 g/mol. The van der Waals surface area contributed by atoms with Crippen molar-refractivity contribution in [2.24, 2.45) is 10.9 Å². The molecule has 0 aliphatic carbocycles. The molecule has 0 bridgehead atoms. The normalized spacial score (nSPS) is 24.8. The lowest BCUT2D eigenvalue weighted by Crippen LogP contribution is -2.49. The zero-order valence-corrected chi connectivity index (χ0v) is 12.8. The van der Waals surface area contributed by atoms with Gasteiger partial charge in [-0.3, -0.25) is 4.79 Å².